The van der Waals surface area contributed by atoms with Crippen molar-refractivity contribution in [2.75, 3.05) is 6.61 Å². The molecule has 0 aromatic carbocycles. The Balaban J connectivity index is 3.44. The van der Waals surface area contributed by atoms with Crippen molar-refractivity contribution in [2.45, 2.75) is 392 Å². The van der Waals surface area contributed by atoms with Crippen LogP contribution in [0.2, 0.25) is 0 Å². The van der Waals surface area contributed by atoms with E-state index >= 15 is 0 Å². The second-order valence-corrected chi connectivity index (χ2v) is 22.9. The minimum Gasteiger partial charge on any atom is -0.394 e. The summed E-state index contributed by atoms with van der Waals surface area (Å²) in [6, 6.07) is -0.637. The fraction of sp³-hybridized carbons (Fsp3) is 0.925. The average molecular weight is 999 g/mol. The summed E-state index contributed by atoms with van der Waals surface area (Å²) in [6.07, 6.45) is 85.4. The lowest BCUT2D eigenvalue weighted by Crippen LogP contribution is -2.45. The first-order valence-corrected chi connectivity index (χ1v) is 33.1. The molecule has 0 heterocycles. The second-order valence-electron chi connectivity index (χ2n) is 22.9. The first kappa shape index (κ1) is 69.9. The summed E-state index contributed by atoms with van der Waals surface area (Å²) in [4.78, 5) is 12.5. The van der Waals surface area contributed by atoms with Gasteiger partial charge in [0.1, 0.15) is 0 Å². The summed E-state index contributed by atoms with van der Waals surface area (Å²) in [5, 5.41) is 23.2. The van der Waals surface area contributed by atoms with Crippen LogP contribution in [-0.4, -0.2) is 34.9 Å². The van der Waals surface area contributed by atoms with E-state index in [9.17, 15) is 15.0 Å². The molecule has 2 unspecified atom stereocenters. The molecule has 0 saturated heterocycles. The molecule has 422 valence electrons. The number of amides is 1. The van der Waals surface area contributed by atoms with Crippen LogP contribution in [0.1, 0.15) is 380 Å². The molecule has 0 radical (unpaired) electrons. The van der Waals surface area contributed by atoms with Gasteiger partial charge in [-0.3, -0.25) is 4.79 Å². The Labute approximate surface area is 447 Å². The molecule has 0 aliphatic heterocycles. The largest absolute Gasteiger partial charge is 0.394 e. The molecule has 3 N–H and O–H groups in total. The van der Waals surface area contributed by atoms with Gasteiger partial charge >= 0.3 is 0 Å². The van der Waals surface area contributed by atoms with Gasteiger partial charge in [0.25, 0.3) is 0 Å². The zero-order valence-corrected chi connectivity index (χ0v) is 48.8. The number of rotatable bonds is 62. The highest BCUT2D eigenvalue weighted by atomic mass is 16.3. The van der Waals surface area contributed by atoms with E-state index in [-0.39, 0.29) is 12.5 Å². The first-order valence-electron chi connectivity index (χ1n) is 33.1. The number of hydrogen-bond acceptors (Lipinski definition) is 3. The van der Waals surface area contributed by atoms with Crippen molar-refractivity contribution in [1.82, 2.24) is 5.32 Å². The van der Waals surface area contributed by atoms with Gasteiger partial charge in [-0.25, -0.2) is 0 Å². The highest BCUT2D eigenvalue weighted by Gasteiger charge is 2.18. The van der Waals surface area contributed by atoms with Crippen LogP contribution in [-0.2, 0) is 4.79 Å². The third kappa shape index (κ3) is 59.6. The zero-order valence-electron chi connectivity index (χ0n) is 48.8. The summed E-state index contributed by atoms with van der Waals surface area (Å²) < 4.78 is 0. The van der Waals surface area contributed by atoms with E-state index in [0.29, 0.717) is 6.42 Å². The predicted molar refractivity (Wildman–Crippen MR) is 318 cm³/mol. The molecule has 4 nitrogen and oxygen atoms in total. The summed E-state index contributed by atoms with van der Waals surface area (Å²) in [5.41, 5.74) is 0. The van der Waals surface area contributed by atoms with Crippen molar-refractivity contribution in [1.29, 1.82) is 0 Å². The fourth-order valence-corrected chi connectivity index (χ4v) is 10.7. The van der Waals surface area contributed by atoms with E-state index in [4.69, 9.17) is 0 Å². The van der Waals surface area contributed by atoms with Crippen LogP contribution in [0, 0.1) is 0 Å². The van der Waals surface area contributed by atoms with Gasteiger partial charge in [-0.2, -0.15) is 0 Å². The van der Waals surface area contributed by atoms with Crippen LogP contribution < -0.4 is 5.32 Å². The predicted octanol–water partition coefficient (Wildman–Crippen LogP) is 22.2. The highest BCUT2D eigenvalue weighted by molar-refractivity contribution is 5.76. The lowest BCUT2D eigenvalue weighted by atomic mass is 10.0. The van der Waals surface area contributed by atoms with Gasteiger partial charge in [0.05, 0.1) is 18.8 Å². The number of carbonyl (C=O) groups is 1. The number of allylic oxidation sites excluding steroid dienone is 3. The second kappa shape index (κ2) is 63.2. The van der Waals surface area contributed by atoms with Gasteiger partial charge in [0.2, 0.25) is 5.91 Å². The molecular weight excluding hydrogens is 867 g/mol. The molecular formula is C67H131NO3. The topological polar surface area (TPSA) is 69.6 Å². The zero-order chi connectivity index (χ0) is 51.3. The standard InChI is InChI=1S/C67H131NO3/c1-3-5-7-9-11-13-15-17-19-21-23-25-27-29-31-32-33-34-35-37-39-41-43-45-47-49-51-53-55-57-59-61-63-67(71)68-65(64-69)66(70)62-60-58-56-54-52-50-48-46-44-42-40-38-36-30-28-26-24-22-20-18-16-14-12-10-8-6-4-2/h52,54,60,62,65-66,69-70H,3-51,53,55-59,61,63-64H2,1-2H3,(H,68,71)/b54-52+,62-60+. The fourth-order valence-electron chi connectivity index (χ4n) is 10.7. The monoisotopic (exact) mass is 998 g/mol. The molecule has 0 spiro atoms. The maximum absolute atomic E-state index is 12.5. The van der Waals surface area contributed by atoms with Gasteiger partial charge in [0.15, 0.2) is 0 Å². The van der Waals surface area contributed by atoms with Gasteiger partial charge < -0.3 is 15.5 Å². The van der Waals surface area contributed by atoms with Crippen LogP contribution in [0.4, 0.5) is 0 Å². The van der Waals surface area contributed by atoms with Crippen molar-refractivity contribution in [3.63, 3.8) is 0 Å². The lowest BCUT2D eigenvalue weighted by Gasteiger charge is -2.19. The van der Waals surface area contributed by atoms with Crippen molar-refractivity contribution in [2.24, 2.45) is 0 Å². The third-order valence-corrected chi connectivity index (χ3v) is 15.7. The summed E-state index contributed by atoms with van der Waals surface area (Å²) >= 11 is 0. The van der Waals surface area contributed by atoms with Crippen LogP contribution in [0.15, 0.2) is 24.3 Å². The quantitative estimate of drug-likeness (QED) is 0.0420. The third-order valence-electron chi connectivity index (χ3n) is 15.7. The molecule has 0 bridgehead atoms. The van der Waals surface area contributed by atoms with E-state index in [1.807, 2.05) is 6.08 Å². The molecule has 0 aromatic heterocycles. The van der Waals surface area contributed by atoms with Crippen molar-refractivity contribution >= 4 is 5.91 Å². The van der Waals surface area contributed by atoms with E-state index in [2.05, 4.69) is 31.3 Å². The van der Waals surface area contributed by atoms with Crippen molar-refractivity contribution in [3.05, 3.63) is 24.3 Å². The summed E-state index contributed by atoms with van der Waals surface area (Å²) in [7, 11) is 0. The van der Waals surface area contributed by atoms with Crippen LogP contribution in [0.3, 0.4) is 0 Å². The Morgan fingerprint density at radius 2 is 0.549 bits per heavy atom. The van der Waals surface area contributed by atoms with Gasteiger partial charge in [-0.1, -0.05) is 366 Å². The number of hydrogen-bond donors (Lipinski definition) is 3. The van der Waals surface area contributed by atoms with Crippen molar-refractivity contribution < 1.29 is 15.0 Å². The number of nitrogens with one attached hydrogen (secondary N) is 1. The Hall–Kier alpha value is -1.13. The lowest BCUT2D eigenvalue weighted by molar-refractivity contribution is -0.123. The molecule has 0 aliphatic carbocycles. The highest BCUT2D eigenvalue weighted by Crippen LogP contribution is 2.19. The van der Waals surface area contributed by atoms with Gasteiger partial charge in [-0.15, -0.1) is 0 Å². The van der Waals surface area contributed by atoms with Gasteiger partial charge in [-0.05, 0) is 32.1 Å². The normalized spacial score (nSPS) is 12.8. The van der Waals surface area contributed by atoms with Crippen LogP contribution >= 0.6 is 0 Å². The number of unbranched alkanes of at least 4 members (excludes halogenated alkanes) is 53. The maximum Gasteiger partial charge on any atom is 0.220 e. The number of carbonyl (C=O) groups excluding carboxylic acids is 1. The van der Waals surface area contributed by atoms with E-state index in [0.717, 1.165) is 32.1 Å². The number of aliphatic hydroxyl groups excluding tert-OH is 2. The van der Waals surface area contributed by atoms with E-state index in [1.54, 1.807) is 6.08 Å². The number of aliphatic hydroxyl groups is 2. The van der Waals surface area contributed by atoms with Crippen molar-refractivity contribution in [3.8, 4) is 0 Å². The molecule has 0 saturated carbocycles. The summed E-state index contributed by atoms with van der Waals surface area (Å²) in [5.74, 6) is -0.0646. The van der Waals surface area contributed by atoms with Crippen LogP contribution in [0.25, 0.3) is 0 Å². The molecule has 2 atom stereocenters. The molecule has 1 amide bonds. The molecule has 0 aliphatic rings. The van der Waals surface area contributed by atoms with E-state index < -0.39 is 12.1 Å². The Morgan fingerprint density at radius 3 is 0.817 bits per heavy atom. The molecule has 71 heavy (non-hydrogen) atoms. The Morgan fingerprint density at radius 1 is 0.324 bits per heavy atom. The minimum absolute atomic E-state index is 0.0646. The Bertz CT molecular complexity index is 1040. The van der Waals surface area contributed by atoms with Crippen LogP contribution in [0.5, 0.6) is 0 Å². The molecule has 0 fully saturated rings. The maximum atomic E-state index is 12.5. The SMILES string of the molecule is CCCCCCCCCCCCCCCCCCCCCCC/C=C/CC/C=C/C(O)C(CO)NC(=O)CCCCCCCCCCCCCCCCCCCCCCCCCCCCCCCCCC. The molecule has 0 rings (SSSR count). The Kier molecular flexibility index (Phi) is 62.2. The minimum atomic E-state index is -0.861. The molecule has 0 aromatic rings. The van der Waals surface area contributed by atoms with Gasteiger partial charge in [0, 0.05) is 6.42 Å². The van der Waals surface area contributed by atoms with E-state index in [1.165, 1.54) is 327 Å². The first-order chi connectivity index (χ1) is 35.2. The average Bonchev–Trinajstić information content (AvgIpc) is 3.37. The smallest absolute Gasteiger partial charge is 0.220 e. The summed E-state index contributed by atoms with van der Waals surface area (Å²) in [6.45, 7) is 4.35. The molecule has 4 heteroatoms.